The van der Waals surface area contributed by atoms with Gasteiger partial charge in [-0.25, -0.2) is 19.6 Å². The fourth-order valence-corrected chi connectivity index (χ4v) is 3.75. The third-order valence-electron chi connectivity index (χ3n) is 5.49. The van der Waals surface area contributed by atoms with Crippen molar-refractivity contribution in [2.75, 3.05) is 40.6 Å². The van der Waals surface area contributed by atoms with E-state index < -0.39 is 11.9 Å². The molecule has 0 saturated heterocycles. The molecule has 11 nitrogen and oxygen atoms in total. The van der Waals surface area contributed by atoms with Gasteiger partial charge in [-0.1, -0.05) is 24.3 Å². The number of para-hydroxylation sites is 4. The number of methoxy groups -OCH3 is 2. The second kappa shape index (κ2) is 15.0. The maximum atomic E-state index is 12.9. The first kappa shape index (κ1) is 31.4. The molecular formula is C28H28KN2O9. The standard InChI is InChI=1S/C28H28N2O9.K/c1-5-35-27(31)23-21(15-37-25(23)29-17-11-7-9-13-19(17)33-3)39-22-16-38-26(24(22)28(32)36-6-2)30-18-12-8-10-14-20(18)34-4;/h7-14H,5-6,15-16H2,1-4H3;. The molecule has 0 unspecified atom stereocenters. The van der Waals surface area contributed by atoms with Crippen molar-refractivity contribution in [3.05, 3.63) is 71.2 Å². The maximum absolute atomic E-state index is 12.9. The zero-order chi connectivity index (χ0) is 27.8. The normalized spacial score (nSPS) is 16.3. The molecule has 1 radical (unpaired) electrons. The summed E-state index contributed by atoms with van der Waals surface area (Å²) in [6.45, 7) is 3.32. The molecule has 0 aliphatic carbocycles. The van der Waals surface area contributed by atoms with E-state index in [1.165, 1.54) is 14.2 Å². The molecule has 0 amide bonds. The Labute approximate surface area is 274 Å². The first-order valence-electron chi connectivity index (χ1n) is 12.2. The molecular weight excluding hydrogens is 547 g/mol. The van der Waals surface area contributed by atoms with E-state index in [1.54, 1.807) is 62.4 Å². The Hall–Kier alpha value is -3.16. The smallest absolute Gasteiger partial charge is 0.347 e. The van der Waals surface area contributed by atoms with E-state index in [4.69, 9.17) is 33.2 Å². The van der Waals surface area contributed by atoms with Crippen LogP contribution in [0, 0.1) is 0 Å². The third kappa shape index (κ3) is 7.12. The van der Waals surface area contributed by atoms with Gasteiger partial charge < -0.3 is 33.2 Å². The summed E-state index contributed by atoms with van der Waals surface area (Å²) in [6, 6.07) is 14.0. The average Bonchev–Trinajstić information content (AvgIpc) is 3.53. The van der Waals surface area contributed by atoms with Crippen molar-refractivity contribution >= 4 is 86.5 Å². The van der Waals surface area contributed by atoms with Crippen LogP contribution in [0.1, 0.15) is 13.8 Å². The van der Waals surface area contributed by atoms with Gasteiger partial charge in [0.15, 0.2) is 22.7 Å². The Morgan fingerprint density at radius 3 is 1.50 bits per heavy atom. The Morgan fingerprint density at radius 2 is 1.12 bits per heavy atom. The van der Waals surface area contributed by atoms with Gasteiger partial charge in [-0.2, -0.15) is 0 Å². The number of esters is 2. The number of hydrogen-bond donors (Lipinski definition) is 0. The van der Waals surface area contributed by atoms with Gasteiger partial charge in [-0.05, 0) is 38.1 Å². The van der Waals surface area contributed by atoms with Gasteiger partial charge in [0.05, 0.1) is 27.4 Å². The Bertz CT molecular complexity index is 1280. The molecule has 0 atom stereocenters. The Balaban J connectivity index is 0.00000441. The molecule has 0 aromatic heterocycles. The van der Waals surface area contributed by atoms with Crippen LogP contribution in [0.2, 0.25) is 0 Å². The zero-order valence-electron chi connectivity index (χ0n) is 23.0. The number of ether oxygens (including phenoxy) is 7. The summed E-state index contributed by atoms with van der Waals surface area (Å²) in [4.78, 5) is 34.8. The number of carbonyl (C=O) groups excluding carboxylic acids is 2. The first-order valence-corrected chi connectivity index (χ1v) is 12.2. The van der Waals surface area contributed by atoms with E-state index >= 15 is 0 Å². The second-order valence-electron chi connectivity index (χ2n) is 7.89. The molecule has 2 aromatic rings. The van der Waals surface area contributed by atoms with Crippen molar-refractivity contribution in [2.45, 2.75) is 13.8 Å². The van der Waals surface area contributed by atoms with Gasteiger partial charge in [0.1, 0.15) is 36.1 Å². The monoisotopic (exact) mass is 575 g/mol. The van der Waals surface area contributed by atoms with E-state index in [-0.39, 0.29) is 112 Å². The van der Waals surface area contributed by atoms with Crippen LogP contribution in [0.3, 0.4) is 0 Å². The molecule has 4 rings (SSSR count). The molecule has 0 saturated carbocycles. The van der Waals surface area contributed by atoms with Crippen LogP contribution in [-0.2, 0) is 33.3 Å². The molecule has 2 heterocycles. The summed E-state index contributed by atoms with van der Waals surface area (Å²) in [5.74, 6) is -0.236. The summed E-state index contributed by atoms with van der Waals surface area (Å²) in [7, 11) is 3.03. The summed E-state index contributed by atoms with van der Waals surface area (Å²) < 4.78 is 38.7. The van der Waals surface area contributed by atoms with Crippen molar-refractivity contribution in [3.63, 3.8) is 0 Å². The molecule has 0 bridgehead atoms. The van der Waals surface area contributed by atoms with E-state index in [0.29, 0.717) is 22.9 Å². The predicted octanol–water partition coefficient (Wildman–Crippen LogP) is 3.79. The minimum Gasteiger partial charge on any atom is -0.494 e. The SMILES string of the molecule is CCOC(=O)C1=C(OC2=C(C(=O)OCC)C(=Nc3ccccc3OC)OC2)COC1=Nc1ccccc1OC.[K]. The molecule has 2 aromatic carbocycles. The van der Waals surface area contributed by atoms with Gasteiger partial charge in [0.25, 0.3) is 0 Å². The van der Waals surface area contributed by atoms with Crippen molar-refractivity contribution < 1.29 is 42.7 Å². The fourth-order valence-electron chi connectivity index (χ4n) is 3.75. The van der Waals surface area contributed by atoms with Crippen molar-refractivity contribution in [3.8, 4) is 11.5 Å². The topological polar surface area (TPSA) is 123 Å². The van der Waals surface area contributed by atoms with Crippen molar-refractivity contribution in [1.82, 2.24) is 0 Å². The largest absolute Gasteiger partial charge is 0.494 e. The van der Waals surface area contributed by atoms with Gasteiger partial charge in [0.2, 0.25) is 11.8 Å². The summed E-state index contributed by atoms with van der Waals surface area (Å²) in [5, 5.41) is 0. The van der Waals surface area contributed by atoms with E-state index in [2.05, 4.69) is 9.98 Å². The molecule has 0 fully saturated rings. The minimum absolute atomic E-state index is 0. The molecule has 12 heteroatoms. The van der Waals surface area contributed by atoms with Crippen molar-refractivity contribution in [1.29, 1.82) is 0 Å². The van der Waals surface area contributed by atoms with Crippen molar-refractivity contribution in [2.24, 2.45) is 9.98 Å². The Kier molecular flexibility index (Phi) is 11.8. The number of hydrogen-bond acceptors (Lipinski definition) is 11. The number of benzene rings is 2. The van der Waals surface area contributed by atoms with Gasteiger partial charge in [-0.3, -0.25) is 0 Å². The zero-order valence-corrected chi connectivity index (χ0v) is 26.1. The van der Waals surface area contributed by atoms with Crippen LogP contribution in [0.5, 0.6) is 11.5 Å². The van der Waals surface area contributed by atoms with Gasteiger partial charge >= 0.3 is 11.9 Å². The molecule has 2 aliphatic heterocycles. The minimum atomic E-state index is -0.696. The number of rotatable bonds is 10. The maximum Gasteiger partial charge on any atom is 0.347 e. The van der Waals surface area contributed by atoms with Crippen LogP contribution in [0.4, 0.5) is 11.4 Å². The summed E-state index contributed by atoms with van der Waals surface area (Å²) in [5.41, 5.74) is 0.849. The van der Waals surface area contributed by atoms with Crippen LogP contribution in [0.25, 0.3) is 0 Å². The molecule has 2 aliphatic rings. The molecule has 0 N–H and O–H groups in total. The number of aliphatic imine (C=N–C) groups is 2. The van der Waals surface area contributed by atoms with Crippen LogP contribution in [0.15, 0.2) is 81.2 Å². The fraction of sp³-hybridized carbons (Fsp3) is 0.286. The van der Waals surface area contributed by atoms with E-state index in [0.717, 1.165) is 0 Å². The molecule has 0 spiro atoms. The number of carbonyl (C=O) groups is 2. The molecule has 205 valence electrons. The molecule has 40 heavy (non-hydrogen) atoms. The van der Waals surface area contributed by atoms with Crippen LogP contribution >= 0.6 is 0 Å². The second-order valence-corrected chi connectivity index (χ2v) is 7.89. The van der Waals surface area contributed by atoms with E-state index in [9.17, 15) is 9.59 Å². The first-order chi connectivity index (χ1) is 19.0. The quantitative estimate of drug-likeness (QED) is 0.307. The van der Waals surface area contributed by atoms with Crippen LogP contribution < -0.4 is 9.47 Å². The average molecular weight is 576 g/mol. The van der Waals surface area contributed by atoms with Gasteiger partial charge in [-0.15, -0.1) is 0 Å². The predicted molar refractivity (Wildman–Crippen MR) is 146 cm³/mol. The summed E-state index contributed by atoms with van der Waals surface area (Å²) in [6.07, 6.45) is 0. The number of nitrogens with zero attached hydrogens (tertiary/aromatic N) is 2. The van der Waals surface area contributed by atoms with E-state index in [1.807, 2.05) is 0 Å². The van der Waals surface area contributed by atoms with Crippen LogP contribution in [-0.4, -0.2) is 116 Å². The third-order valence-corrected chi connectivity index (χ3v) is 5.49. The summed E-state index contributed by atoms with van der Waals surface area (Å²) >= 11 is 0. The Morgan fingerprint density at radius 1 is 0.725 bits per heavy atom. The van der Waals surface area contributed by atoms with Gasteiger partial charge in [0, 0.05) is 51.4 Å².